The maximum Gasteiger partial charge on any atom is 0.303 e. The van der Waals surface area contributed by atoms with Crippen molar-refractivity contribution in [2.24, 2.45) is 5.73 Å². The smallest absolute Gasteiger partial charge is 0.303 e. The zero-order valence-electron chi connectivity index (χ0n) is 9.44. The van der Waals surface area contributed by atoms with Gasteiger partial charge in [0.2, 0.25) is 11.8 Å². The number of amides is 2. The topological polar surface area (TPSA) is 101 Å². The van der Waals surface area contributed by atoms with E-state index in [4.69, 9.17) is 10.8 Å². The molecule has 0 rings (SSSR count). The lowest BCUT2D eigenvalue weighted by Gasteiger charge is -2.18. The van der Waals surface area contributed by atoms with Gasteiger partial charge >= 0.3 is 5.97 Å². The first-order chi connectivity index (χ1) is 7.47. The lowest BCUT2D eigenvalue weighted by molar-refractivity contribution is -0.137. The van der Waals surface area contributed by atoms with Crippen molar-refractivity contribution in [3.05, 3.63) is 0 Å². The Hall–Kier alpha value is -1.59. The molecule has 0 radical (unpaired) electrons. The van der Waals surface area contributed by atoms with E-state index < -0.39 is 11.9 Å². The van der Waals surface area contributed by atoms with Gasteiger partial charge in [-0.25, -0.2) is 0 Å². The van der Waals surface area contributed by atoms with Crippen LogP contribution >= 0.6 is 0 Å². The van der Waals surface area contributed by atoms with Crippen molar-refractivity contribution in [2.75, 3.05) is 13.1 Å². The van der Waals surface area contributed by atoms with Crippen molar-refractivity contribution < 1.29 is 19.5 Å². The molecule has 0 bridgehead atoms. The summed E-state index contributed by atoms with van der Waals surface area (Å²) >= 11 is 0. The molecule has 0 atom stereocenters. The Balaban J connectivity index is 3.84. The number of hydrogen-bond acceptors (Lipinski definition) is 3. The number of carboxylic acid groups (broad SMARTS) is 1. The van der Waals surface area contributed by atoms with Gasteiger partial charge in [0.1, 0.15) is 0 Å². The number of hydrogen-bond donors (Lipinski definition) is 2. The van der Waals surface area contributed by atoms with Crippen LogP contribution in [0.1, 0.15) is 32.6 Å². The summed E-state index contributed by atoms with van der Waals surface area (Å²) in [4.78, 5) is 33.8. The zero-order chi connectivity index (χ0) is 12.6. The van der Waals surface area contributed by atoms with Gasteiger partial charge in [0.25, 0.3) is 0 Å². The van der Waals surface area contributed by atoms with Crippen molar-refractivity contribution in [1.29, 1.82) is 0 Å². The van der Waals surface area contributed by atoms with Crippen molar-refractivity contribution in [3.63, 3.8) is 0 Å². The summed E-state index contributed by atoms with van der Waals surface area (Å²) in [5, 5.41) is 8.40. The first-order valence-corrected chi connectivity index (χ1v) is 5.25. The van der Waals surface area contributed by atoms with Gasteiger partial charge in [-0.1, -0.05) is 0 Å². The number of nitrogens with two attached hydrogens (primary N) is 1. The normalized spacial score (nSPS) is 9.81. The second-order valence-corrected chi connectivity index (χ2v) is 3.48. The maximum atomic E-state index is 11.5. The van der Waals surface area contributed by atoms with E-state index in [2.05, 4.69) is 0 Å². The Bertz CT molecular complexity index is 266. The van der Waals surface area contributed by atoms with Crippen LogP contribution in [0.15, 0.2) is 0 Å². The highest BCUT2D eigenvalue weighted by Crippen LogP contribution is 2.03. The standard InChI is InChI=1S/C10H18N2O4/c1-2-12(7-8(11)13)9(14)5-3-4-6-10(15)16/h2-7H2,1H3,(H2,11,13)(H,15,16). The van der Waals surface area contributed by atoms with E-state index in [-0.39, 0.29) is 25.3 Å². The number of likely N-dealkylation sites (N-methyl/N-ethyl adjacent to an activating group) is 1. The van der Waals surface area contributed by atoms with Gasteiger partial charge in [0.05, 0.1) is 6.54 Å². The number of nitrogens with zero attached hydrogens (tertiary/aromatic N) is 1. The molecule has 16 heavy (non-hydrogen) atoms. The van der Waals surface area contributed by atoms with Crippen LogP contribution in [-0.4, -0.2) is 40.9 Å². The number of primary amides is 1. The highest BCUT2D eigenvalue weighted by molar-refractivity contribution is 5.83. The first kappa shape index (κ1) is 14.4. The predicted octanol–water partition coefficient (Wildman–Crippen LogP) is -0.0348. The summed E-state index contributed by atoms with van der Waals surface area (Å²) in [6.07, 6.45) is 1.30. The van der Waals surface area contributed by atoms with Gasteiger partial charge in [0.15, 0.2) is 0 Å². The van der Waals surface area contributed by atoms with E-state index in [1.165, 1.54) is 4.90 Å². The molecule has 0 saturated heterocycles. The Labute approximate surface area is 94.4 Å². The second-order valence-electron chi connectivity index (χ2n) is 3.48. The number of rotatable bonds is 8. The van der Waals surface area contributed by atoms with Crippen LogP contribution in [0.4, 0.5) is 0 Å². The van der Waals surface area contributed by atoms with E-state index in [9.17, 15) is 14.4 Å². The molecule has 0 aromatic carbocycles. The SMILES string of the molecule is CCN(CC(N)=O)C(=O)CCCCC(=O)O. The number of unbranched alkanes of at least 4 members (excludes halogenated alkanes) is 1. The molecule has 6 heteroatoms. The summed E-state index contributed by atoms with van der Waals surface area (Å²) in [6.45, 7) is 2.12. The summed E-state index contributed by atoms with van der Waals surface area (Å²) in [7, 11) is 0. The number of carbonyl (C=O) groups is 3. The van der Waals surface area contributed by atoms with Crippen molar-refractivity contribution in [2.45, 2.75) is 32.6 Å². The lowest BCUT2D eigenvalue weighted by atomic mass is 10.2. The summed E-state index contributed by atoms with van der Waals surface area (Å²) < 4.78 is 0. The predicted molar refractivity (Wildman–Crippen MR) is 57.6 cm³/mol. The molecule has 0 heterocycles. The number of carbonyl (C=O) groups excluding carboxylic acids is 2. The van der Waals surface area contributed by atoms with Crippen LogP contribution in [0.25, 0.3) is 0 Å². The highest BCUT2D eigenvalue weighted by atomic mass is 16.4. The minimum absolute atomic E-state index is 0.0647. The van der Waals surface area contributed by atoms with Crippen LogP contribution in [0, 0.1) is 0 Å². The number of carboxylic acids is 1. The molecule has 92 valence electrons. The molecule has 0 aromatic heterocycles. The van der Waals surface area contributed by atoms with Crippen LogP contribution in [0.3, 0.4) is 0 Å². The third-order valence-corrected chi connectivity index (χ3v) is 2.11. The Morgan fingerprint density at radius 3 is 2.19 bits per heavy atom. The summed E-state index contributed by atoms with van der Waals surface area (Å²) in [6, 6.07) is 0. The van der Waals surface area contributed by atoms with Gasteiger partial charge in [-0.2, -0.15) is 0 Å². The van der Waals surface area contributed by atoms with Crippen LogP contribution in [-0.2, 0) is 14.4 Å². The molecular formula is C10H18N2O4. The minimum atomic E-state index is -0.864. The molecule has 0 aliphatic carbocycles. The van der Waals surface area contributed by atoms with Gasteiger partial charge in [-0.3, -0.25) is 14.4 Å². The summed E-state index contributed by atoms with van der Waals surface area (Å²) in [5.74, 6) is -1.57. The molecule has 0 aliphatic rings. The first-order valence-electron chi connectivity index (χ1n) is 5.25. The van der Waals surface area contributed by atoms with E-state index in [0.717, 1.165) is 0 Å². The fourth-order valence-corrected chi connectivity index (χ4v) is 1.28. The minimum Gasteiger partial charge on any atom is -0.481 e. The third-order valence-electron chi connectivity index (χ3n) is 2.11. The Kier molecular flexibility index (Phi) is 6.91. The molecule has 0 fully saturated rings. The average Bonchev–Trinajstić information content (AvgIpc) is 2.20. The molecule has 0 unspecified atom stereocenters. The molecule has 0 aliphatic heterocycles. The fourth-order valence-electron chi connectivity index (χ4n) is 1.28. The fraction of sp³-hybridized carbons (Fsp3) is 0.700. The molecule has 3 N–H and O–H groups in total. The van der Waals surface area contributed by atoms with E-state index in [1.54, 1.807) is 6.92 Å². The van der Waals surface area contributed by atoms with Crippen LogP contribution < -0.4 is 5.73 Å². The zero-order valence-corrected chi connectivity index (χ0v) is 9.44. The molecule has 0 aromatic rings. The lowest BCUT2D eigenvalue weighted by Crippen LogP contribution is -2.38. The quantitative estimate of drug-likeness (QED) is 0.571. The molecule has 0 spiro atoms. The monoisotopic (exact) mass is 230 g/mol. The van der Waals surface area contributed by atoms with Crippen LogP contribution in [0.5, 0.6) is 0 Å². The van der Waals surface area contributed by atoms with E-state index >= 15 is 0 Å². The third kappa shape index (κ3) is 6.80. The molecule has 6 nitrogen and oxygen atoms in total. The van der Waals surface area contributed by atoms with Crippen molar-refractivity contribution >= 4 is 17.8 Å². The Morgan fingerprint density at radius 1 is 1.19 bits per heavy atom. The van der Waals surface area contributed by atoms with E-state index in [0.29, 0.717) is 19.4 Å². The second kappa shape index (κ2) is 7.67. The van der Waals surface area contributed by atoms with E-state index in [1.807, 2.05) is 0 Å². The van der Waals surface area contributed by atoms with Gasteiger partial charge < -0.3 is 15.7 Å². The average molecular weight is 230 g/mol. The van der Waals surface area contributed by atoms with Gasteiger partial charge in [-0.05, 0) is 19.8 Å². The summed E-state index contributed by atoms with van der Waals surface area (Å²) in [5.41, 5.74) is 4.99. The Morgan fingerprint density at radius 2 is 1.75 bits per heavy atom. The molecule has 0 saturated carbocycles. The van der Waals surface area contributed by atoms with Gasteiger partial charge in [-0.15, -0.1) is 0 Å². The van der Waals surface area contributed by atoms with Crippen molar-refractivity contribution in [1.82, 2.24) is 4.90 Å². The number of aliphatic carboxylic acids is 1. The largest absolute Gasteiger partial charge is 0.481 e. The maximum absolute atomic E-state index is 11.5. The van der Waals surface area contributed by atoms with Crippen molar-refractivity contribution in [3.8, 4) is 0 Å². The van der Waals surface area contributed by atoms with Crippen LogP contribution in [0.2, 0.25) is 0 Å². The molecular weight excluding hydrogens is 212 g/mol. The molecule has 2 amide bonds. The van der Waals surface area contributed by atoms with Gasteiger partial charge in [0, 0.05) is 19.4 Å². The highest BCUT2D eigenvalue weighted by Gasteiger charge is 2.13.